The molecule has 1 aromatic rings. The first-order valence-electron chi connectivity index (χ1n) is 10.1. The second-order valence-corrected chi connectivity index (χ2v) is 6.60. The summed E-state index contributed by atoms with van der Waals surface area (Å²) in [5, 5.41) is 6.63. The maximum absolute atomic E-state index is 5.36. The van der Waals surface area contributed by atoms with Crippen LogP contribution in [-0.2, 0) is 11.3 Å². The quantitative estimate of drug-likeness (QED) is 0.241. The van der Waals surface area contributed by atoms with Crippen LogP contribution in [0, 0.1) is 0 Å². The van der Waals surface area contributed by atoms with E-state index in [1.165, 1.54) is 25.7 Å². The summed E-state index contributed by atoms with van der Waals surface area (Å²) in [6.07, 6.45) is 8.17. The fraction of sp³-hybridized carbons (Fsp3) is 0.700. The second-order valence-electron chi connectivity index (χ2n) is 6.60. The van der Waals surface area contributed by atoms with Gasteiger partial charge in [0.1, 0.15) is 5.82 Å². The topological polar surface area (TPSA) is 61.8 Å². The van der Waals surface area contributed by atoms with Crippen molar-refractivity contribution < 1.29 is 4.74 Å². The molecule has 0 saturated carbocycles. The van der Waals surface area contributed by atoms with E-state index in [1.807, 2.05) is 13.1 Å². The third-order valence-electron chi connectivity index (χ3n) is 4.47. The number of hydrogen-bond acceptors (Lipinski definition) is 4. The van der Waals surface area contributed by atoms with Crippen LogP contribution in [0.5, 0.6) is 0 Å². The first-order chi connectivity index (χ1) is 12.8. The third-order valence-corrected chi connectivity index (χ3v) is 4.47. The Morgan fingerprint density at radius 2 is 1.93 bits per heavy atom. The lowest BCUT2D eigenvalue weighted by atomic mass is 10.2. The fourth-order valence-corrected chi connectivity index (χ4v) is 3.03. The van der Waals surface area contributed by atoms with E-state index in [0.717, 1.165) is 63.2 Å². The average molecular weight is 489 g/mol. The highest BCUT2D eigenvalue weighted by atomic mass is 127. The Bertz CT molecular complexity index is 516. The zero-order valence-corrected chi connectivity index (χ0v) is 19.2. The minimum absolute atomic E-state index is 0. The Labute approximate surface area is 181 Å². The van der Waals surface area contributed by atoms with E-state index in [9.17, 15) is 0 Å². The van der Waals surface area contributed by atoms with Crippen LogP contribution in [0.15, 0.2) is 23.3 Å². The van der Waals surface area contributed by atoms with E-state index >= 15 is 0 Å². The molecule has 0 bridgehead atoms. The summed E-state index contributed by atoms with van der Waals surface area (Å²) in [7, 11) is 0. The predicted octanol–water partition coefficient (Wildman–Crippen LogP) is 3.56. The van der Waals surface area contributed by atoms with E-state index in [2.05, 4.69) is 44.6 Å². The Kier molecular flexibility index (Phi) is 13.2. The van der Waals surface area contributed by atoms with Crippen molar-refractivity contribution in [3.05, 3.63) is 23.9 Å². The molecule has 2 rings (SSSR count). The minimum Gasteiger partial charge on any atom is -0.382 e. The van der Waals surface area contributed by atoms with Gasteiger partial charge in [0.25, 0.3) is 0 Å². The largest absolute Gasteiger partial charge is 0.382 e. The average Bonchev–Trinajstić information content (AvgIpc) is 2.96. The molecule has 1 fully saturated rings. The molecular formula is C20H36IN5O. The van der Waals surface area contributed by atoms with Crippen molar-refractivity contribution in [2.24, 2.45) is 4.99 Å². The molecule has 0 aromatic carbocycles. The molecule has 0 atom stereocenters. The monoisotopic (exact) mass is 489 g/mol. The molecule has 1 aliphatic rings. The van der Waals surface area contributed by atoms with Gasteiger partial charge in [-0.3, -0.25) is 0 Å². The van der Waals surface area contributed by atoms with Crippen LogP contribution in [-0.4, -0.2) is 50.3 Å². The molecule has 0 spiro atoms. The van der Waals surface area contributed by atoms with Gasteiger partial charge in [-0.2, -0.15) is 0 Å². The standard InChI is InChI=1S/C20H35N5O.HI/c1-3-21-20(22-12-9-15-26-4-2)24-17-18-10-11-19(23-16-18)25-13-7-5-6-8-14-25;/h10-11,16H,3-9,12-15,17H2,1-2H3,(H2,21,22,24);1H. The Morgan fingerprint density at radius 1 is 1.15 bits per heavy atom. The molecular weight excluding hydrogens is 453 g/mol. The molecule has 1 aliphatic heterocycles. The number of anilines is 1. The van der Waals surface area contributed by atoms with E-state index in [1.54, 1.807) is 0 Å². The molecule has 0 aliphatic carbocycles. The number of pyridine rings is 1. The molecule has 27 heavy (non-hydrogen) atoms. The summed E-state index contributed by atoms with van der Waals surface area (Å²) in [6, 6.07) is 4.29. The van der Waals surface area contributed by atoms with Crippen LogP contribution in [0.3, 0.4) is 0 Å². The number of ether oxygens (including phenoxy) is 1. The van der Waals surface area contributed by atoms with Crippen molar-refractivity contribution in [1.82, 2.24) is 15.6 Å². The summed E-state index contributed by atoms with van der Waals surface area (Å²) in [6.45, 7) is 10.2. The first kappa shape index (κ1) is 23.9. The number of rotatable bonds is 9. The minimum atomic E-state index is 0. The number of aromatic nitrogens is 1. The maximum Gasteiger partial charge on any atom is 0.191 e. The summed E-state index contributed by atoms with van der Waals surface area (Å²) < 4.78 is 5.36. The number of aliphatic imine (C=N–C) groups is 1. The highest BCUT2D eigenvalue weighted by Gasteiger charge is 2.10. The van der Waals surface area contributed by atoms with E-state index < -0.39 is 0 Å². The van der Waals surface area contributed by atoms with Crippen molar-refractivity contribution >= 4 is 35.8 Å². The summed E-state index contributed by atoms with van der Waals surface area (Å²) in [4.78, 5) is 11.7. The molecule has 1 aromatic heterocycles. The number of hydrogen-bond donors (Lipinski definition) is 2. The second kappa shape index (κ2) is 14.9. The van der Waals surface area contributed by atoms with Gasteiger partial charge in [-0.05, 0) is 44.7 Å². The fourth-order valence-electron chi connectivity index (χ4n) is 3.03. The molecule has 1 saturated heterocycles. The summed E-state index contributed by atoms with van der Waals surface area (Å²) in [5.74, 6) is 1.95. The van der Waals surface area contributed by atoms with E-state index in [4.69, 9.17) is 4.74 Å². The van der Waals surface area contributed by atoms with Crippen molar-refractivity contribution in [2.75, 3.05) is 44.3 Å². The van der Waals surface area contributed by atoms with Gasteiger partial charge in [0, 0.05) is 45.6 Å². The molecule has 2 heterocycles. The van der Waals surface area contributed by atoms with Crippen LogP contribution >= 0.6 is 24.0 Å². The Balaban J connectivity index is 0.00000364. The van der Waals surface area contributed by atoms with Crippen molar-refractivity contribution in [3.8, 4) is 0 Å². The highest BCUT2D eigenvalue weighted by molar-refractivity contribution is 14.0. The first-order valence-corrected chi connectivity index (χ1v) is 10.1. The van der Waals surface area contributed by atoms with Crippen LogP contribution in [0.1, 0.15) is 51.5 Å². The third kappa shape index (κ3) is 9.60. The van der Waals surface area contributed by atoms with Gasteiger partial charge in [-0.1, -0.05) is 18.9 Å². The molecule has 7 heteroatoms. The lowest BCUT2D eigenvalue weighted by Crippen LogP contribution is -2.38. The van der Waals surface area contributed by atoms with Crippen LogP contribution in [0.2, 0.25) is 0 Å². The molecule has 154 valence electrons. The van der Waals surface area contributed by atoms with E-state index in [-0.39, 0.29) is 24.0 Å². The van der Waals surface area contributed by atoms with Gasteiger partial charge in [-0.25, -0.2) is 9.98 Å². The van der Waals surface area contributed by atoms with Crippen LogP contribution in [0.4, 0.5) is 5.82 Å². The number of guanidine groups is 1. The number of nitrogens with one attached hydrogen (secondary N) is 2. The molecule has 0 unspecified atom stereocenters. The predicted molar refractivity (Wildman–Crippen MR) is 124 cm³/mol. The maximum atomic E-state index is 5.36. The normalized spacial score (nSPS) is 15.0. The molecule has 0 radical (unpaired) electrons. The Hall–Kier alpha value is -1.09. The van der Waals surface area contributed by atoms with Crippen LogP contribution < -0.4 is 15.5 Å². The number of halogens is 1. The smallest absolute Gasteiger partial charge is 0.191 e. The van der Waals surface area contributed by atoms with Gasteiger partial charge < -0.3 is 20.3 Å². The highest BCUT2D eigenvalue weighted by Crippen LogP contribution is 2.17. The summed E-state index contributed by atoms with van der Waals surface area (Å²) in [5.41, 5.74) is 1.13. The van der Waals surface area contributed by atoms with Gasteiger partial charge in [0.15, 0.2) is 5.96 Å². The molecule has 2 N–H and O–H groups in total. The zero-order valence-electron chi connectivity index (χ0n) is 16.9. The van der Waals surface area contributed by atoms with Crippen molar-refractivity contribution in [2.45, 2.75) is 52.5 Å². The lowest BCUT2D eigenvalue weighted by Gasteiger charge is -2.21. The van der Waals surface area contributed by atoms with Crippen LogP contribution in [0.25, 0.3) is 0 Å². The van der Waals surface area contributed by atoms with Gasteiger partial charge in [0.05, 0.1) is 6.54 Å². The van der Waals surface area contributed by atoms with Crippen molar-refractivity contribution in [3.63, 3.8) is 0 Å². The van der Waals surface area contributed by atoms with Crippen molar-refractivity contribution in [1.29, 1.82) is 0 Å². The molecule has 0 amide bonds. The van der Waals surface area contributed by atoms with Gasteiger partial charge in [-0.15, -0.1) is 24.0 Å². The van der Waals surface area contributed by atoms with Gasteiger partial charge in [0.2, 0.25) is 0 Å². The Morgan fingerprint density at radius 3 is 2.56 bits per heavy atom. The lowest BCUT2D eigenvalue weighted by molar-refractivity contribution is 0.145. The van der Waals surface area contributed by atoms with Gasteiger partial charge >= 0.3 is 0 Å². The molecule has 6 nitrogen and oxygen atoms in total. The van der Waals surface area contributed by atoms with E-state index in [0.29, 0.717) is 6.54 Å². The zero-order chi connectivity index (χ0) is 18.5. The SMILES string of the molecule is CCNC(=NCc1ccc(N2CCCCCC2)nc1)NCCCOCC.I. The number of nitrogens with zero attached hydrogens (tertiary/aromatic N) is 3. The summed E-state index contributed by atoms with van der Waals surface area (Å²) >= 11 is 0.